The van der Waals surface area contributed by atoms with Crippen molar-refractivity contribution in [2.75, 3.05) is 28.6 Å². The van der Waals surface area contributed by atoms with E-state index in [1.165, 1.54) is 12.8 Å². The van der Waals surface area contributed by atoms with Crippen molar-refractivity contribution in [2.45, 2.75) is 19.8 Å². The minimum atomic E-state index is -0.276. The van der Waals surface area contributed by atoms with Crippen LogP contribution in [-0.2, 0) is 0 Å². The molecule has 1 aromatic heterocycles. The first-order chi connectivity index (χ1) is 13.7. The van der Waals surface area contributed by atoms with E-state index in [0.717, 1.165) is 41.4 Å². The summed E-state index contributed by atoms with van der Waals surface area (Å²) in [6.07, 6.45) is 2.42. The largest absolute Gasteiger partial charge is 0.355 e. The predicted octanol–water partition coefficient (Wildman–Crippen LogP) is 4.70. The Morgan fingerprint density at radius 2 is 1.75 bits per heavy atom. The van der Waals surface area contributed by atoms with Gasteiger partial charge in [0.25, 0.3) is 0 Å². The highest BCUT2D eigenvalue weighted by Crippen LogP contribution is 2.23. The number of aromatic nitrogens is 2. The van der Waals surface area contributed by atoms with E-state index in [4.69, 9.17) is 0 Å². The van der Waals surface area contributed by atoms with Crippen LogP contribution in [0.2, 0.25) is 0 Å². The summed E-state index contributed by atoms with van der Waals surface area (Å²) in [6, 6.07) is 19.0. The lowest BCUT2D eigenvalue weighted by molar-refractivity contribution is 0.262. The number of nitrogens with one attached hydrogen (secondary N) is 2. The number of benzene rings is 2. The SMILES string of the molecule is Cc1ccccc1NC(=O)Nc1cccc(-c2ccc(N3CCCC3)nn2)c1. The van der Waals surface area contributed by atoms with Gasteiger partial charge in [-0.05, 0) is 55.7 Å². The lowest BCUT2D eigenvalue weighted by Gasteiger charge is -2.15. The highest BCUT2D eigenvalue weighted by molar-refractivity contribution is 6.00. The van der Waals surface area contributed by atoms with E-state index in [1.54, 1.807) is 0 Å². The van der Waals surface area contributed by atoms with Crippen molar-refractivity contribution in [1.29, 1.82) is 0 Å². The summed E-state index contributed by atoms with van der Waals surface area (Å²) in [7, 11) is 0. The quantitative estimate of drug-likeness (QED) is 0.696. The number of aryl methyl sites for hydroxylation is 1. The van der Waals surface area contributed by atoms with Crippen LogP contribution in [0.1, 0.15) is 18.4 Å². The molecule has 2 N–H and O–H groups in total. The van der Waals surface area contributed by atoms with Crippen LogP contribution in [-0.4, -0.2) is 29.3 Å². The second-order valence-corrected chi connectivity index (χ2v) is 6.95. The van der Waals surface area contributed by atoms with Crippen LogP contribution in [0.4, 0.5) is 22.0 Å². The number of nitrogens with zero attached hydrogens (tertiary/aromatic N) is 3. The van der Waals surface area contributed by atoms with Crippen LogP contribution in [0.25, 0.3) is 11.3 Å². The van der Waals surface area contributed by atoms with Gasteiger partial charge in [0, 0.05) is 30.0 Å². The smallest absolute Gasteiger partial charge is 0.323 e. The molecule has 4 rings (SSSR count). The molecule has 1 aliphatic heterocycles. The zero-order chi connectivity index (χ0) is 19.3. The average molecular weight is 373 g/mol. The van der Waals surface area contributed by atoms with Crippen molar-refractivity contribution < 1.29 is 4.79 Å². The summed E-state index contributed by atoms with van der Waals surface area (Å²) in [5, 5.41) is 14.5. The van der Waals surface area contributed by atoms with E-state index >= 15 is 0 Å². The number of hydrogen-bond acceptors (Lipinski definition) is 4. The van der Waals surface area contributed by atoms with Gasteiger partial charge in [0.15, 0.2) is 5.82 Å². The first-order valence-electron chi connectivity index (χ1n) is 9.52. The number of hydrogen-bond donors (Lipinski definition) is 2. The summed E-state index contributed by atoms with van der Waals surface area (Å²) in [4.78, 5) is 14.6. The van der Waals surface area contributed by atoms with Crippen LogP contribution in [0.5, 0.6) is 0 Å². The van der Waals surface area contributed by atoms with Crippen LogP contribution < -0.4 is 15.5 Å². The van der Waals surface area contributed by atoms with Crippen molar-refractivity contribution in [2.24, 2.45) is 0 Å². The maximum atomic E-state index is 12.3. The molecule has 0 atom stereocenters. The molecule has 2 heterocycles. The Balaban J connectivity index is 1.45. The fourth-order valence-electron chi connectivity index (χ4n) is 3.35. The molecule has 2 aromatic carbocycles. The Bertz CT molecular complexity index is 965. The molecule has 6 nitrogen and oxygen atoms in total. The molecule has 2 amide bonds. The molecule has 0 unspecified atom stereocenters. The molecular weight excluding hydrogens is 350 g/mol. The molecule has 0 aliphatic carbocycles. The minimum absolute atomic E-state index is 0.276. The monoisotopic (exact) mass is 373 g/mol. The third-order valence-corrected chi connectivity index (χ3v) is 4.89. The fraction of sp³-hybridized carbons (Fsp3) is 0.227. The van der Waals surface area contributed by atoms with Gasteiger partial charge in [-0.15, -0.1) is 10.2 Å². The first kappa shape index (κ1) is 18.0. The third-order valence-electron chi connectivity index (χ3n) is 4.89. The molecule has 0 saturated carbocycles. The Morgan fingerprint density at radius 1 is 0.929 bits per heavy atom. The molecule has 0 spiro atoms. The zero-order valence-electron chi connectivity index (χ0n) is 15.9. The summed E-state index contributed by atoms with van der Waals surface area (Å²) < 4.78 is 0. The maximum absolute atomic E-state index is 12.3. The Kier molecular flexibility index (Phi) is 5.19. The van der Waals surface area contributed by atoms with Gasteiger partial charge in [-0.2, -0.15) is 0 Å². The van der Waals surface area contributed by atoms with Gasteiger partial charge in [-0.25, -0.2) is 4.79 Å². The number of carbonyl (C=O) groups excluding carboxylic acids is 1. The topological polar surface area (TPSA) is 70.2 Å². The van der Waals surface area contributed by atoms with Gasteiger partial charge in [0.1, 0.15) is 0 Å². The number of rotatable bonds is 4. The lowest BCUT2D eigenvalue weighted by atomic mass is 10.1. The standard InChI is InChI=1S/C22H23N5O/c1-16-7-2-3-10-19(16)24-22(28)23-18-9-6-8-17(15-18)20-11-12-21(26-25-20)27-13-4-5-14-27/h2-3,6-12,15H,4-5,13-14H2,1H3,(H2,23,24,28). The molecule has 3 aromatic rings. The molecular formula is C22H23N5O. The molecule has 0 bridgehead atoms. The van der Waals surface area contributed by atoms with Gasteiger partial charge in [0.2, 0.25) is 0 Å². The normalized spacial score (nSPS) is 13.4. The second kappa shape index (κ2) is 8.08. The highest BCUT2D eigenvalue weighted by atomic mass is 16.2. The average Bonchev–Trinajstić information content (AvgIpc) is 3.25. The molecule has 142 valence electrons. The highest BCUT2D eigenvalue weighted by Gasteiger charge is 2.14. The van der Waals surface area contributed by atoms with Crippen molar-refractivity contribution in [3.05, 3.63) is 66.2 Å². The van der Waals surface area contributed by atoms with E-state index in [1.807, 2.05) is 67.6 Å². The van der Waals surface area contributed by atoms with E-state index in [-0.39, 0.29) is 6.03 Å². The molecule has 0 radical (unpaired) electrons. The van der Waals surface area contributed by atoms with Crippen molar-refractivity contribution in [3.63, 3.8) is 0 Å². The number of carbonyl (C=O) groups is 1. The zero-order valence-corrected chi connectivity index (χ0v) is 15.9. The number of para-hydroxylation sites is 1. The van der Waals surface area contributed by atoms with Crippen molar-refractivity contribution in [1.82, 2.24) is 10.2 Å². The van der Waals surface area contributed by atoms with Crippen LogP contribution in [0, 0.1) is 6.92 Å². The number of amides is 2. The lowest BCUT2D eigenvalue weighted by Crippen LogP contribution is -2.20. The predicted molar refractivity (Wildman–Crippen MR) is 113 cm³/mol. The second-order valence-electron chi connectivity index (χ2n) is 6.95. The third kappa shape index (κ3) is 4.11. The van der Waals surface area contributed by atoms with Crippen molar-refractivity contribution >= 4 is 23.2 Å². The van der Waals surface area contributed by atoms with E-state index < -0.39 is 0 Å². The number of urea groups is 1. The van der Waals surface area contributed by atoms with Gasteiger partial charge in [-0.1, -0.05) is 30.3 Å². The van der Waals surface area contributed by atoms with Gasteiger partial charge >= 0.3 is 6.03 Å². The summed E-state index contributed by atoms with van der Waals surface area (Å²) in [5.41, 5.74) is 4.20. The van der Waals surface area contributed by atoms with E-state index in [9.17, 15) is 4.79 Å². The Morgan fingerprint density at radius 3 is 2.50 bits per heavy atom. The van der Waals surface area contributed by atoms with Crippen LogP contribution >= 0.6 is 0 Å². The molecule has 28 heavy (non-hydrogen) atoms. The van der Waals surface area contributed by atoms with Gasteiger partial charge < -0.3 is 15.5 Å². The summed E-state index contributed by atoms with van der Waals surface area (Å²) >= 11 is 0. The van der Waals surface area contributed by atoms with Gasteiger partial charge in [0.05, 0.1) is 5.69 Å². The number of anilines is 3. The Hall–Kier alpha value is -3.41. The summed E-state index contributed by atoms with van der Waals surface area (Å²) in [5.74, 6) is 0.924. The molecule has 6 heteroatoms. The first-order valence-corrected chi connectivity index (χ1v) is 9.52. The maximum Gasteiger partial charge on any atom is 0.323 e. The summed E-state index contributed by atoms with van der Waals surface area (Å²) in [6.45, 7) is 4.05. The van der Waals surface area contributed by atoms with E-state index in [2.05, 4.69) is 25.7 Å². The fourth-order valence-corrected chi connectivity index (χ4v) is 3.35. The molecule has 1 aliphatic rings. The van der Waals surface area contributed by atoms with Gasteiger partial charge in [-0.3, -0.25) is 0 Å². The Labute approximate surface area is 164 Å². The molecule has 1 fully saturated rings. The van der Waals surface area contributed by atoms with Crippen LogP contribution in [0.15, 0.2) is 60.7 Å². The van der Waals surface area contributed by atoms with E-state index in [0.29, 0.717) is 5.69 Å². The molecule has 1 saturated heterocycles. The van der Waals surface area contributed by atoms with Crippen LogP contribution in [0.3, 0.4) is 0 Å². The minimum Gasteiger partial charge on any atom is -0.355 e. The van der Waals surface area contributed by atoms with Crippen molar-refractivity contribution in [3.8, 4) is 11.3 Å².